The Morgan fingerprint density at radius 3 is 2.81 bits per heavy atom. The zero-order chi connectivity index (χ0) is 19.0. The van der Waals surface area contributed by atoms with Crippen LogP contribution in [-0.4, -0.2) is 30.7 Å². The Bertz CT molecular complexity index is 934. The average molecular weight is 369 g/mol. The molecule has 1 fully saturated rings. The highest BCUT2D eigenvalue weighted by Gasteiger charge is 2.34. The molecule has 1 saturated heterocycles. The van der Waals surface area contributed by atoms with Gasteiger partial charge in [-0.15, -0.1) is 0 Å². The molecule has 0 N–H and O–H groups in total. The molecule has 0 aliphatic carbocycles. The summed E-state index contributed by atoms with van der Waals surface area (Å²) in [7, 11) is 0. The summed E-state index contributed by atoms with van der Waals surface area (Å²) in [6.07, 6.45) is 2.79. The molecule has 1 aromatic carbocycles. The van der Waals surface area contributed by atoms with Crippen LogP contribution in [-0.2, 0) is 6.42 Å². The van der Waals surface area contributed by atoms with Gasteiger partial charge in [-0.2, -0.15) is 0 Å². The van der Waals surface area contributed by atoms with Crippen molar-refractivity contribution >= 4 is 5.91 Å². The van der Waals surface area contributed by atoms with Crippen molar-refractivity contribution < 1.29 is 18.7 Å². The molecule has 0 saturated carbocycles. The van der Waals surface area contributed by atoms with Crippen molar-refractivity contribution in [3.05, 3.63) is 57.6 Å². The first-order valence-electron chi connectivity index (χ1n) is 9.22. The number of benzene rings is 1. The number of carbonyl (C=O) groups excluding carboxylic acids is 1. The lowest BCUT2D eigenvalue weighted by Gasteiger charge is -2.40. The molecule has 0 radical (unpaired) electrons. The third kappa shape index (κ3) is 3.70. The second-order valence-electron chi connectivity index (χ2n) is 7.77. The molecule has 2 aliphatic heterocycles. The van der Waals surface area contributed by atoms with Crippen LogP contribution in [0, 0.1) is 12.3 Å². The van der Waals surface area contributed by atoms with E-state index in [-0.39, 0.29) is 29.3 Å². The fourth-order valence-corrected chi connectivity index (χ4v) is 4.04. The molecule has 3 heterocycles. The molecule has 1 amide bonds. The molecule has 0 bridgehead atoms. The zero-order valence-electron chi connectivity index (χ0n) is 15.6. The van der Waals surface area contributed by atoms with Gasteiger partial charge in [-0.05, 0) is 49.3 Å². The minimum absolute atomic E-state index is 0.0499. The van der Waals surface area contributed by atoms with Gasteiger partial charge in [-0.1, -0.05) is 13.0 Å². The van der Waals surface area contributed by atoms with E-state index in [2.05, 4.69) is 13.0 Å². The smallest absolute Gasteiger partial charge is 0.289 e. The highest BCUT2D eigenvalue weighted by atomic mass is 16.7. The Hall–Kier alpha value is -2.76. The summed E-state index contributed by atoms with van der Waals surface area (Å²) in [6.45, 7) is 5.44. The van der Waals surface area contributed by atoms with Crippen LogP contribution >= 0.6 is 0 Å². The van der Waals surface area contributed by atoms with Crippen LogP contribution in [0.4, 0.5) is 0 Å². The van der Waals surface area contributed by atoms with E-state index in [9.17, 15) is 9.59 Å². The monoisotopic (exact) mass is 369 g/mol. The summed E-state index contributed by atoms with van der Waals surface area (Å²) in [5.41, 5.74) is 0.909. The van der Waals surface area contributed by atoms with Crippen molar-refractivity contribution in [3.8, 4) is 11.5 Å². The highest BCUT2D eigenvalue weighted by Crippen LogP contribution is 2.37. The number of piperidine rings is 1. The van der Waals surface area contributed by atoms with Gasteiger partial charge < -0.3 is 18.8 Å². The van der Waals surface area contributed by atoms with E-state index >= 15 is 0 Å². The number of aryl methyl sites for hydroxylation is 1. The van der Waals surface area contributed by atoms with E-state index in [0.29, 0.717) is 18.8 Å². The van der Waals surface area contributed by atoms with Gasteiger partial charge in [0.2, 0.25) is 6.79 Å². The second-order valence-corrected chi connectivity index (χ2v) is 7.77. The summed E-state index contributed by atoms with van der Waals surface area (Å²) in [6, 6.07) is 8.68. The zero-order valence-corrected chi connectivity index (χ0v) is 15.6. The molecule has 27 heavy (non-hydrogen) atoms. The summed E-state index contributed by atoms with van der Waals surface area (Å²) in [4.78, 5) is 26.4. The van der Waals surface area contributed by atoms with E-state index in [1.807, 2.05) is 12.1 Å². The number of fused-ring (bicyclic) bond motifs is 1. The van der Waals surface area contributed by atoms with Crippen molar-refractivity contribution in [1.29, 1.82) is 0 Å². The third-order valence-corrected chi connectivity index (χ3v) is 5.24. The van der Waals surface area contributed by atoms with Crippen molar-refractivity contribution in [2.24, 2.45) is 5.41 Å². The molecule has 4 rings (SSSR count). The quantitative estimate of drug-likeness (QED) is 0.831. The van der Waals surface area contributed by atoms with Crippen LogP contribution in [0.25, 0.3) is 0 Å². The number of carbonyl (C=O) groups is 1. The summed E-state index contributed by atoms with van der Waals surface area (Å²) in [5, 5.41) is 0. The molecule has 6 nitrogen and oxygen atoms in total. The first-order valence-corrected chi connectivity index (χ1v) is 9.22. The first-order chi connectivity index (χ1) is 12.9. The SMILES string of the molecule is Cc1cc(=O)cc(C(=O)N2CCC[C@@](C)(Cc3ccc4c(c3)OCO4)C2)o1. The Labute approximate surface area is 157 Å². The highest BCUT2D eigenvalue weighted by molar-refractivity contribution is 5.91. The van der Waals surface area contributed by atoms with Gasteiger partial charge >= 0.3 is 0 Å². The Morgan fingerprint density at radius 2 is 2.00 bits per heavy atom. The number of nitrogens with zero attached hydrogens (tertiary/aromatic N) is 1. The Kier molecular flexibility index (Phi) is 4.42. The van der Waals surface area contributed by atoms with Gasteiger partial charge in [-0.25, -0.2) is 0 Å². The maximum absolute atomic E-state index is 12.9. The number of hydrogen-bond acceptors (Lipinski definition) is 5. The Balaban J connectivity index is 1.51. The van der Waals surface area contributed by atoms with E-state index in [4.69, 9.17) is 13.9 Å². The summed E-state index contributed by atoms with van der Waals surface area (Å²) >= 11 is 0. The van der Waals surface area contributed by atoms with Crippen molar-refractivity contribution in [1.82, 2.24) is 4.90 Å². The van der Waals surface area contributed by atoms with Crippen LogP contribution in [0.15, 0.2) is 39.5 Å². The molecule has 0 unspecified atom stereocenters. The largest absolute Gasteiger partial charge is 0.456 e. The number of ether oxygens (including phenoxy) is 2. The maximum atomic E-state index is 12.9. The minimum Gasteiger partial charge on any atom is -0.456 e. The summed E-state index contributed by atoms with van der Waals surface area (Å²) in [5.74, 6) is 1.91. The van der Waals surface area contributed by atoms with Gasteiger partial charge in [0.15, 0.2) is 22.7 Å². The average Bonchev–Trinajstić information content (AvgIpc) is 3.07. The second kappa shape index (κ2) is 6.76. The third-order valence-electron chi connectivity index (χ3n) is 5.24. The minimum atomic E-state index is -0.215. The van der Waals surface area contributed by atoms with Gasteiger partial charge in [0, 0.05) is 25.2 Å². The van der Waals surface area contributed by atoms with E-state index in [0.717, 1.165) is 36.3 Å². The lowest BCUT2D eigenvalue weighted by molar-refractivity contribution is 0.0516. The van der Waals surface area contributed by atoms with Crippen molar-refractivity contribution in [2.75, 3.05) is 19.9 Å². The summed E-state index contributed by atoms with van der Waals surface area (Å²) < 4.78 is 16.3. The van der Waals surface area contributed by atoms with Gasteiger partial charge in [-0.3, -0.25) is 9.59 Å². The standard InChI is InChI=1S/C21H23NO5/c1-14-8-16(23)10-19(27-14)20(24)22-7-3-6-21(2,12-22)11-15-4-5-17-18(9-15)26-13-25-17/h4-5,8-10H,3,6-7,11-13H2,1-2H3/t21-/m0/s1. The van der Waals surface area contributed by atoms with E-state index < -0.39 is 0 Å². The molecular formula is C21H23NO5. The first kappa shape index (κ1) is 17.6. The van der Waals surface area contributed by atoms with Crippen LogP contribution in [0.3, 0.4) is 0 Å². The molecule has 0 spiro atoms. The fourth-order valence-electron chi connectivity index (χ4n) is 4.04. The number of amides is 1. The normalized spacial score (nSPS) is 21.3. The van der Waals surface area contributed by atoms with Crippen LogP contribution in [0.5, 0.6) is 11.5 Å². The van der Waals surface area contributed by atoms with Gasteiger partial charge in [0.25, 0.3) is 5.91 Å². The lowest BCUT2D eigenvalue weighted by Crippen LogP contribution is -2.46. The molecule has 2 aliphatic rings. The predicted octanol–water partition coefficient (Wildman–Crippen LogP) is 3.16. The van der Waals surface area contributed by atoms with Crippen molar-refractivity contribution in [3.63, 3.8) is 0 Å². The number of hydrogen-bond donors (Lipinski definition) is 0. The van der Waals surface area contributed by atoms with Gasteiger partial charge in [0.1, 0.15) is 5.76 Å². The predicted molar refractivity (Wildman–Crippen MR) is 99.2 cm³/mol. The molecule has 142 valence electrons. The fraction of sp³-hybridized carbons (Fsp3) is 0.429. The van der Waals surface area contributed by atoms with Crippen molar-refractivity contribution in [2.45, 2.75) is 33.1 Å². The van der Waals surface area contributed by atoms with Gasteiger partial charge in [0.05, 0.1) is 0 Å². The lowest BCUT2D eigenvalue weighted by atomic mass is 9.77. The molecular weight excluding hydrogens is 346 g/mol. The number of likely N-dealkylation sites (tertiary alicyclic amines) is 1. The topological polar surface area (TPSA) is 69.0 Å². The van der Waals surface area contributed by atoms with Crippen LogP contribution in [0.1, 0.15) is 41.6 Å². The molecule has 2 aromatic rings. The molecule has 6 heteroatoms. The number of rotatable bonds is 3. The van der Waals surface area contributed by atoms with Crippen LogP contribution < -0.4 is 14.9 Å². The van der Waals surface area contributed by atoms with Crippen LogP contribution in [0.2, 0.25) is 0 Å². The molecule has 1 aromatic heterocycles. The maximum Gasteiger partial charge on any atom is 0.289 e. The van der Waals surface area contributed by atoms with E-state index in [1.54, 1.807) is 11.8 Å². The Morgan fingerprint density at radius 1 is 1.19 bits per heavy atom. The van der Waals surface area contributed by atoms with E-state index in [1.165, 1.54) is 12.1 Å². The molecule has 1 atom stereocenters.